The number of methoxy groups -OCH3 is 2. The van der Waals surface area contributed by atoms with Crippen molar-refractivity contribution in [3.05, 3.63) is 90.1 Å². The minimum Gasteiger partial charge on any atom is -0.497 e. The number of rotatable bonds is 12. The summed E-state index contributed by atoms with van der Waals surface area (Å²) >= 11 is 0. The van der Waals surface area contributed by atoms with Gasteiger partial charge < -0.3 is 29.4 Å². The van der Waals surface area contributed by atoms with Crippen molar-refractivity contribution in [2.75, 3.05) is 27.4 Å². The number of benzene rings is 3. The normalized spacial score (nSPS) is 11.6. The molecule has 0 radical (unpaired) electrons. The standard InChI is InChI=1S/C30H33N3O5.H2/c1-21(34)33(18-22-9-4-7-14-29(22)37-3)19-24(15-23-17-31-28-13-6-5-12-27(23)28)32-30(35)20-38-26-11-8-10-25(16-26)36-2;/h4-14,16-17,24,31H,15,18-20H2,1-3H3,(H,32,35);1H. The molecule has 0 aliphatic carbocycles. The Hall–Kier alpha value is -4.46. The highest BCUT2D eigenvalue weighted by atomic mass is 16.5. The van der Waals surface area contributed by atoms with Crippen LogP contribution in [0.25, 0.3) is 10.9 Å². The van der Waals surface area contributed by atoms with Crippen molar-refractivity contribution in [2.45, 2.75) is 25.9 Å². The summed E-state index contributed by atoms with van der Waals surface area (Å²) in [7, 11) is 3.19. The first kappa shape index (κ1) is 26.6. The van der Waals surface area contributed by atoms with Gasteiger partial charge in [-0.25, -0.2) is 0 Å². The molecular weight excluding hydrogens is 482 g/mol. The second kappa shape index (κ2) is 12.7. The summed E-state index contributed by atoms with van der Waals surface area (Å²) in [5, 5.41) is 4.17. The van der Waals surface area contributed by atoms with E-state index in [9.17, 15) is 9.59 Å². The molecule has 1 aromatic heterocycles. The van der Waals surface area contributed by atoms with Gasteiger partial charge in [-0.2, -0.15) is 0 Å². The van der Waals surface area contributed by atoms with Gasteiger partial charge in [-0.05, 0) is 36.2 Å². The zero-order chi connectivity index (χ0) is 26.9. The van der Waals surface area contributed by atoms with Crippen molar-refractivity contribution >= 4 is 22.7 Å². The number of amides is 2. The van der Waals surface area contributed by atoms with E-state index < -0.39 is 0 Å². The van der Waals surface area contributed by atoms with Gasteiger partial charge >= 0.3 is 0 Å². The van der Waals surface area contributed by atoms with Crippen molar-refractivity contribution in [3.8, 4) is 17.2 Å². The summed E-state index contributed by atoms with van der Waals surface area (Å²) in [6.45, 7) is 2.05. The van der Waals surface area contributed by atoms with Crippen molar-refractivity contribution in [2.24, 2.45) is 0 Å². The fraction of sp³-hybridized carbons (Fsp3) is 0.267. The number of ether oxygens (including phenoxy) is 3. The van der Waals surface area contributed by atoms with Crippen molar-refractivity contribution < 1.29 is 25.2 Å². The lowest BCUT2D eigenvalue weighted by Gasteiger charge is -2.28. The van der Waals surface area contributed by atoms with Gasteiger partial charge in [-0.1, -0.05) is 42.5 Å². The summed E-state index contributed by atoms with van der Waals surface area (Å²) < 4.78 is 16.4. The van der Waals surface area contributed by atoms with Crippen LogP contribution in [-0.4, -0.2) is 55.1 Å². The molecule has 1 unspecified atom stereocenters. The summed E-state index contributed by atoms with van der Waals surface area (Å²) in [5.74, 6) is 1.52. The van der Waals surface area contributed by atoms with Crippen LogP contribution in [0.5, 0.6) is 17.2 Å². The molecule has 8 heteroatoms. The number of hydrogen-bond donors (Lipinski definition) is 2. The number of nitrogens with one attached hydrogen (secondary N) is 2. The Kier molecular flexibility index (Phi) is 8.87. The fourth-order valence-electron chi connectivity index (χ4n) is 4.45. The van der Waals surface area contributed by atoms with Crippen LogP contribution in [-0.2, 0) is 22.6 Å². The summed E-state index contributed by atoms with van der Waals surface area (Å²) in [6, 6.07) is 22.4. The van der Waals surface area contributed by atoms with E-state index in [1.54, 1.807) is 37.3 Å². The Morgan fingerprint density at radius 3 is 2.50 bits per heavy atom. The number of carbonyl (C=O) groups is 2. The number of aromatic amines is 1. The maximum absolute atomic E-state index is 13.0. The average Bonchev–Trinajstić information content (AvgIpc) is 3.34. The van der Waals surface area contributed by atoms with Crippen molar-refractivity contribution in [1.29, 1.82) is 0 Å². The number of carbonyl (C=O) groups excluding carboxylic acids is 2. The molecule has 0 aliphatic heterocycles. The Bertz CT molecular complexity index is 1390. The maximum atomic E-state index is 13.0. The van der Waals surface area contributed by atoms with E-state index in [1.807, 2.05) is 60.8 Å². The van der Waals surface area contributed by atoms with Crippen LogP contribution < -0.4 is 19.5 Å². The van der Waals surface area contributed by atoms with E-state index in [0.29, 0.717) is 36.8 Å². The largest absolute Gasteiger partial charge is 0.497 e. The van der Waals surface area contributed by atoms with E-state index in [4.69, 9.17) is 14.2 Å². The van der Waals surface area contributed by atoms with Gasteiger partial charge in [-0.3, -0.25) is 9.59 Å². The highest BCUT2D eigenvalue weighted by molar-refractivity contribution is 5.83. The minimum absolute atomic E-state index is 0. The smallest absolute Gasteiger partial charge is 0.258 e. The second-order valence-electron chi connectivity index (χ2n) is 9.01. The highest BCUT2D eigenvalue weighted by Gasteiger charge is 2.22. The minimum atomic E-state index is -0.353. The molecule has 0 fully saturated rings. The van der Waals surface area contributed by atoms with E-state index in [2.05, 4.69) is 10.3 Å². The third-order valence-corrected chi connectivity index (χ3v) is 6.36. The maximum Gasteiger partial charge on any atom is 0.258 e. The first-order valence-electron chi connectivity index (χ1n) is 12.5. The molecule has 200 valence electrons. The molecule has 0 spiro atoms. The van der Waals surface area contributed by atoms with Crippen LogP contribution in [0.3, 0.4) is 0 Å². The zero-order valence-electron chi connectivity index (χ0n) is 21.9. The number of aromatic nitrogens is 1. The molecule has 0 saturated carbocycles. The van der Waals surface area contributed by atoms with Gasteiger partial charge in [0.05, 0.1) is 20.3 Å². The quantitative estimate of drug-likeness (QED) is 0.287. The fourth-order valence-corrected chi connectivity index (χ4v) is 4.45. The third-order valence-electron chi connectivity index (χ3n) is 6.36. The molecule has 0 aliphatic rings. The third kappa shape index (κ3) is 6.85. The molecule has 38 heavy (non-hydrogen) atoms. The Morgan fingerprint density at radius 1 is 0.947 bits per heavy atom. The van der Waals surface area contributed by atoms with Crippen LogP contribution in [0, 0.1) is 0 Å². The molecule has 4 rings (SSSR count). The number of para-hydroxylation sites is 2. The number of H-pyrrole nitrogens is 1. The molecule has 1 atom stereocenters. The zero-order valence-corrected chi connectivity index (χ0v) is 21.9. The van der Waals surface area contributed by atoms with E-state index in [0.717, 1.165) is 22.0 Å². The Balaban J connectivity index is 0.00000420. The molecule has 1 heterocycles. The van der Waals surface area contributed by atoms with Crippen LogP contribution in [0.2, 0.25) is 0 Å². The predicted molar refractivity (Wildman–Crippen MR) is 149 cm³/mol. The van der Waals surface area contributed by atoms with Crippen LogP contribution in [0.15, 0.2) is 79.0 Å². The predicted octanol–water partition coefficient (Wildman–Crippen LogP) is 4.59. The summed E-state index contributed by atoms with van der Waals surface area (Å²) in [5.41, 5.74) is 2.97. The summed E-state index contributed by atoms with van der Waals surface area (Å²) in [4.78, 5) is 30.7. The Morgan fingerprint density at radius 2 is 1.71 bits per heavy atom. The van der Waals surface area contributed by atoms with Gasteiger partial charge in [0.15, 0.2) is 6.61 Å². The molecule has 4 aromatic rings. The lowest BCUT2D eigenvalue weighted by atomic mass is 10.0. The van der Waals surface area contributed by atoms with Crippen molar-refractivity contribution in [3.63, 3.8) is 0 Å². The Labute approximate surface area is 224 Å². The van der Waals surface area contributed by atoms with Crippen LogP contribution >= 0.6 is 0 Å². The van der Waals surface area contributed by atoms with Gasteiger partial charge in [0.1, 0.15) is 17.2 Å². The van der Waals surface area contributed by atoms with Crippen LogP contribution in [0.4, 0.5) is 0 Å². The van der Waals surface area contributed by atoms with E-state index >= 15 is 0 Å². The lowest BCUT2D eigenvalue weighted by molar-refractivity contribution is -0.131. The van der Waals surface area contributed by atoms with Gasteiger partial charge in [0.25, 0.3) is 5.91 Å². The van der Waals surface area contributed by atoms with Gasteiger partial charge in [-0.15, -0.1) is 0 Å². The molecule has 3 aromatic carbocycles. The molecule has 0 saturated heterocycles. The van der Waals surface area contributed by atoms with E-state index in [1.165, 1.54) is 6.92 Å². The van der Waals surface area contributed by atoms with Gasteiger partial charge in [0, 0.05) is 50.2 Å². The van der Waals surface area contributed by atoms with Crippen molar-refractivity contribution in [1.82, 2.24) is 15.2 Å². The molecule has 2 N–H and O–H groups in total. The first-order valence-corrected chi connectivity index (χ1v) is 12.5. The average molecular weight is 518 g/mol. The van der Waals surface area contributed by atoms with Gasteiger partial charge in [0.2, 0.25) is 5.91 Å². The topological polar surface area (TPSA) is 92.9 Å². The van der Waals surface area contributed by atoms with Crippen LogP contribution in [0.1, 0.15) is 19.5 Å². The SMILES string of the molecule is COc1cccc(OCC(=O)NC(Cc2c[nH]c3ccccc23)CN(Cc2ccccc2OC)C(C)=O)c1.[HH]. The number of hydrogen-bond acceptors (Lipinski definition) is 5. The molecule has 2 amide bonds. The molecular formula is C30H35N3O5. The number of nitrogens with zero attached hydrogens (tertiary/aromatic N) is 1. The summed E-state index contributed by atoms with van der Waals surface area (Å²) in [6.07, 6.45) is 2.49. The molecule has 0 bridgehead atoms. The molecule has 8 nitrogen and oxygen atoms in total. The highest BCUT2D eigenvalue weighted by Crippen LogP contribution is 2.22. The monoisotopic (exact) mass is 517 g/mol. The van der Waals surface area contributed by atoms with E-state index in [-0.39, 0.29) is 25.9 Å². The first-order chi connectivity index (χ1) is 18.5. The second-order valence-corrected chi connectivity index (χ2v) is 9.01. The number of fused-ring (bicyclic) bond motifs is 1. The lowest BCUT2D eigenvalue weighted by Crippen LogP contribution is -2.47.